The minimum Gasteiger partial charge on any atom is -0.461 e. The largest absolute Gasteiger partial charge is 0.461 e. The highest BCUT2D eigenvalue weighted by Crippen LogP contribution is 2.60. The van der Waals surface area contributed by atoms with Crippen molar-refractivity contribution in [3.8, 4) is 0 Å². The van der Waals surface area contributed by atoms with Gasteiger partial charge in [0.1, 0.15) is 6.61 Å². The Bertz CT molecular complexity index is 567. The highest BCUT2D eigenvalue weighted by atomic mass is 16.5. The SMILES string of the molecule is CC(C(=O)OCc1ccccc1)[C@@H]1CC[C@]2(C)CCCC[C@]2(C)C1. The summed E-state index contributed by atoms with van der Waals surface area (Å²) in [6.07, 6.45) is 9.05. The van der Waals surface area contributed by atoms with Crippen LogP contribution in [-0.4, -0.2) is 5.97 Å². The van der Waals surface area contributed by atoms with Crippen LogP contribution in [0.3, 0.4) is 0 Å². The van der Waals surface area contributed by atoms with E-state index in [-0.39, 0.29) is 11.9 Å². The second kappa shape index (κ2) is 6.90. The molecule has 0 spiro atoms. The van der Waals surface area contributed by atoms with Crippen LogP contribution in [0.5, 0.6) is 0 Å². The van der Waals surface area contributed by atoms with E-state index in [0.717, 1.165) is 5.56 Å². The van der Waals surface area contributed by atoms with Gasteiger partial charge in [-0.1, -0.05) is 63.9 Å². The molecule has 1 aromatic rings. The van der Waals surface area contributed by atoms with Crippen molar-refractivity contribution in [1.82, 2.24) is 0 Å². The maximum atomic E-state index is 12.5. The van der Waals surface area contributed by atoms with Gasteiger partial charge in [-0.3, -0.25) is 4.79 Å². The van der Waals surface area contributed by atoms with Gasteiger partial charge in [-0.25, -0.2) is 0 Å². The molecule has 0 heterocycles. The number of fused-ring (bicyclic) bond motifs is 1. The molecule has 0 amide bonds. The fraction of sp³-hybridized carbons (Fsp3) is 0.682. The third-order valence-corrected chi connectivity index (χ3v) is 7.25. The Hall–Kier alpha value is -1.31. The molecule has 2 fully saturated rings. The summed E-state index contributed by atoms with van der Waals surface area (Å²) >= 11 is 0. The predicted molar refractivity (Wildman–Crippen MR) is 97.4 cm³/mol. The molecule has 0 aliphatic heterocycles. The lowest BCUT2D eigenvalue weighted by molar-refractivity contribution is -0.154. The molecule has 2 saturated carbocycles. The molecule has 132 valence electrons. The van der Waals surface area contributed by atoms with E-state index in [0.29, 0.717) is 23.4 Å². The molecule has 2 nitrogen and oxygen atoms in total. The van der Waals surface area contributed by atoms with E-state index in [9.17, 15) is 4.79 Å². The van der Waals surface area contributed by atoms with Crippen LogP contribution in [0.25, 0.3) is 0 Å². The molecule has 3 rings (SSSR count). The van der Waals surface area contributed by atoms with Gasteiger partial charge in [-0.2, -0.15) is 0 Å². The van der Waals surface area contributed by atoms with E-state index in [1.54, 1.807) is 0 Å². The summed E-state index contributed by atoms with van der Waals surface area (Å²) in [5.74, 6) is 0.466. The zero-order valence-electron chi connectivity index (χ0n) is 15.5. The van der Waals surface area contributed by atoms with Crippen LogP contribution in [0.1, 0.15) is 71.3 Å². The van der Waals surface area contributed by atoms with Crippen molar-refractivity contribution in [3.05, 3.63) is 35.9 Å². The van der Waals surface area contributed by atoms with Crippen LogP contribution >= 0.6 is 0 Å². The molecule has 1 aromatic carbocycles. The standard InChI is InChI=1S/C22H32O2/c1-17(20(23)24-16-18-9-5-4-6-10-18)19-11-14-21(2)12-7-8-13-22(21,3)15-19/h4-6,9-10,17,19H,7-8,11-16H2,1-3H3/t17?,19-,21+,22-/m1/s1. The van der Waals surface area contributed by atoms with Gasteiger partial charge in [-0.15, -0.1) is 0 Å². The lowest BCUT2D eigenvalue weighted by atomic mass is 9.49. The molecule has 0 bridgehead atoms. The van der Waals surface area contributed by atoms with E-state index in [2.05, 4.69) is 20.8 Å². The van der Waals surface area contributed by atoms with Gasteiger partial charge in [0, 0.05) is 0 Å². The first-order chi connectivity index (χ1) is 11.4. The summed E-state index contributed by atoms with van der Waals surface area (Å²) < 4.78 is 5.60. The minimum atomic E-state index is -0.0214. The number of rotatable bonds is 4. The molecule has 1 unspecified atom stereocenters. The van der Waals surface area contributed by atoms with Crippen LogP contribution in [-0.2, 0) is 16.1 Å². The molecule has 0 radical (unpaired) electrons. The van der Waals surface area contributed by atoms with E-state index >= 15 is 0 Å². The van der Waals surface area contributed by atoms with E-state index < -0.39 is 0 Å². The van der Waals surface area contributed by atoms with Gasteiger partial charge in [0.25, 0.3) is 0 Å². The van der Waals surface area contributed by atoms with Crippen molar-refractivity contribution in [2.24, 2.45) is 22.7 Å². The van der Waals surface area contributed by atoms with Gasteiger partial charge < -0.3 is 4.74 Å². The smallest absolute Gasteiger partial charge is 0.309 e. The Morgan fingerprint density at radius 3 is 2.50 bits per heavy atom. The van der Waals surface area contributed by atoms with Crippen LogP contribution in [0, 0.1) is 22.7 Å². The van der Waals surface area contributed by atoms with Crippen molar-refractivity contribution in [1.29, 1.82) is 0 Å². The summed E-state index contributed by atoms with van der Waals surface area (Å²) in [5, 5.41) is 0. The zero-order valence-corrected chi connectivity index (χ0v) is 15.5. The van der Waals surface area contributed by atoms with Crippen LogP contribution < -0.4 is 0 Å². The minimum absolute atomic E-state index is 0.0111. The molecular formula is C22H32O2. The maximum absolute atomic E-state index is 12.5. The molecular weight excluding hydrogens is 296 g/mol. The third kappa shape index (κ3) is 3.38. The lowest BCUT2D eigenvalue weighted by Crippen LogP contribution is -2.47. The topological polar surface area (TPSA) is 26.3 Å². The van der Waals surface area contributed by atoms with Crippen molar-refractivity contribution in [3.63, 3.8) is 0 Å². The molecule has 24 heavy (non-hydrogen) atoms. The fourth-order valence-electron chi connectivity index (χ4n) is 5.07. The summed E-state index contributed by atoms with van der Waals surface area (Å²) in [4.78, 5) is 12.5. The van der Waals surface area contributed by atoms with Gasteiger partial charge in [0.2, 0.25) is 0 Å². The second-order valence-corrected chi connectivity index (χ2v) is 8.71. The van der Waals surface area contributed by atoms with Crippen LogP contribution in [0.15, 0.2) is 30.3 Å². The number of ether oxygens (including phenoxy) is 1. The molecule has 0 aromatic heterocycles. The number of carbonyl (C=O) groups excluding carboxylic acids is 1. The van der Waals surface area contributed by atoms with Crippen molar-refractivity contribution in [2.45, 2.75) is 72.3 Å². The van der Waals surface area contributed by atoms with Gasteiger partial charge in [-0.05, 0) is 54.4 Å². The first-order valence-corrected chi connectivity index (χ1v) is 9.64. The lowest BCUT2D eigenvalue weighted by Gasteiger charge is -2.56. The van der Waals surface area contributed by atoms with E-state index in [4.69, 9.17) is 4.74 Å². The highest BCUT2D eigenvalue weighted by Gasteiger charge is 2.51. The second-order valence-electron chi connectivity index (χ2n) is 8.71. The third-order valence-electron chi connectivity index (χ3n) is 7.25. The molecule has 4 atom stereocenters. The van der Waals surface area contributed by atoms with Crippen LogP contribution in [0.4, 0.5) is 0 Å². The molecule has 0 N–H and O–H groups in total. The maximum Gasteiger partial charge on any atom is 0.309 e. The van der Waals surface area contributed by atoms with Crippen molar-refractivity contribution in [2.75, 3.05) is 0 Å². The van der Waals surface area contributed by atoms with Gasteiger partial charge in [0.15, 0.2) is 0 Å². The summed E-state index contributed by atoms with van der Waals surface area (Å²) in [7, 11) is 0. The average molecular weight is 328 g/mol. The number of carbonyl (C=O) groups is 1. The number of hydrogen-bond donors (Lipinski definition) is 0. The molecule has 2 aliphatic rings. The zero-order chi connectivity index (χ0) is 17.2. The normalized spacial score (nSPS) is 34.2. The first-order valence-electron chi connectivity index (χ1n) is 9.64. The Balaban J connectivity index is 1.59. The predicted octanol–water partition coefficient (Wildman–Crippen LogP) is 5.75. The average Bonchev–Trinajstić information content (AvgIpc) is 2.59. The van der Waals surface area contributed by atoms with Crippen molar-refractivity contribution >= 4 is 5.97 Å². The molecule has 2 aliphatic carbocycles. The first kappa shape index (κ1) is 17.5. The highest BCUT2D eigenvalue weighted by molar-refractivity contribution is 5.72. The van der Waals surface area contributed by atoms with Gasteiger partial charge >= 0.3 is 5.97 Å². The number of hydrogen-bond acceptors (Lipinski definition) is 2. The number of benzene rings is 1. The quantitative estimate of drug-likeness (QED) is 0.658. The molecule has 0 saturated heterocycles. The Labute approximate surface area is 147 Å². The van der Waals surface area contributed by atoms with Gasteiger partial charge in [0.05, 0.1) is 5.92 Å². The summed E-state index contributed by atoms with van der Waals surface area (Å²) in [5.41, 5.74) is 1.95. The molecule has 2 heteroatoms. The fourth-order valence-corrected chi connectivity index (χ4v) is 5.07. The Morgan fingerprint density at radius 1 is 1.12 bits per heavy atom. The summed E-state index contributed by atoms with van der Waals surface area (Å²) in [6.45, 7) is 7.43. The van der Waals surface area contributed by atoms with E-state index in [1.807, 2.05) is 30.3 Å². The Kier molecular flexibility index (Phi) is 5.03. The van der Waals surface area contributed by atoms with E-state index in [1.165, 1.54) is 44.9 Å². The monoisotopic (exact) mass is 328 g/mol. The number of esters is 1. The van der Waals surface area contributed by atoms with Crippen LogP contribution in [0.2, 0.25) is 0 Å². The summed E-state index contributed by atoms with van der Waals surface area (Å²) in [6, 6.07) is 9.97. The van der Waals surface area contributed by atoms with Crippen molar-refractivity contribution < 1.29 is 9.53 Å². The Morgan fingerprint density at radius 2 is 1.79 bits per heavy atom.